The van der Waals surface area contributed by atoms with Crippen molar-refractivity contribution in [1.82, 2.24) is 5.32 Å². The molecule has 0 bridgehead atoms. The predicted octanol–water partition coefficient (Wildman–Crippen LogP) is 4.16. The second-order valence-electron chi connectivity index (χ2n) is 4.75. The van der Waals surface area contributed by atoms with E-state index in [-0.39, 0.29) is 24.0 Å². The Morgan fingerprint density at radius 3 is 2.29 bits per heavy atom. The van der Waals surface area contributed by atoms with Crippen molar-refractivity contribution in [2.24, 2.45) is 4.99 Å². The van der Waals surface area contributed by atoms with Crippen molar-refractivity contribution in [3.63, 3.8) is 0 Å². The Labute approximate surface area is 164 Å². The van der Waals surface area contributed by atoms with Gasteiger partial charge >= 0.3 is 0 Å². The quantitative estimate of drug-likeness (QED) is 0.399. The van der Waals surface area contributed by atoms with Gasteiger partial charge in [0.25, 0.3) is 0 Å². The summed E-state index contributed by atoms with van der Waals surface area (Å²) >= 11 is 5.88. The van der Waals surface area contributed by atoms with Crippen molar-refractivity contribution in [2.45, 2.75) is 6.54 Å². The van der Waals surface area contributed by atoms with Crippen LogP contribution >= 0.6 is 35.6 Å². The van der Waals surface area contributed by atoms with Gasteiger partial charge < -0.3 is 20.1 Å². The van der Waals surface area contributed by atoms with Crippen LogP contribution in [-0.4, -0.2) is 27.2 Å². The highest BCUT2D eigenvalue weighted by Gasteiger charge is 2.06. The lowest BCUT2D eigenvalue weighted by Crippen LogP contribution is -2.30. The summed E-state index contributed by atoms with van der Waals surface area (Å²) in [4.78, 5) is 4.21. The SMILES string of the molecule is CN=C(NCc1ccc(Cl)cc1)Nc1ccc(OC)c(OC)c1.I. The van der Waals surface area contributed by atoms with E-state index in [9.17, 15) is 0 Å². The molecule has 2 aromatic rings. The Hall–Kier alpha value is -1.67. The third-order valence-corrected chi connectivity index (χ3v) is 3.50. The molecule has 0 aliphatic carbocycles. The lowest BCUT2D eigenvalue weighted by molar-refractivity contribution is 0.355. The predicted molar refractivity (Wildman–Crippen MR) is 110 cm³/mol. The number of guanidine groups is 1. The van der Waals surface area contributed by atoms with E-state index in [2.05, 4.69) is 15.6 Å². The van der Waals surface area contributed by atoms with E-state index in [1.165, 1.54) is 0 Å². The fourth-order valence-corrected chi connectivity index (χ4v) is 2.14. The van der Waals surface area contributed by atoms with Gasteiger partial charge in [0, 0.05) is 30.4 Å². The molecule has 0 unspecified atom stereocenters. The summed E-state index contributed by atoms with van der Waals surface area (Å²) in [5.74, 6) is 2.00. The summed E-state index contributed by atoms with van der Waals surface area (Å²) < 4.78 is 10.5. The number of nitrogens with one attached hydrogen (secondary N) is 2. The van der Waals surface area contributed by atoms with Gasteiger partial charge in [0.1, 0.15) is 0 Å². The molecule has 0 spiro atoms. The minimum Gasteiger partial charge on any atom is -0.493 e. The van der Waals surface area contributed by atoms with Gasteiger partial charge in [-0.1, -0.05) is 23.7 Å². The molecule has 0 saturated carbocycles. The van der Waals surface area contributed by atoms with Crippen molar-refractivity contribution in [2.75, 3.05) is 26.6 Å². The van der Waals surface area contributed by atoms with Crippen LogP contribution in [0.5, 0.6) is 11.5 Å². The molecule has 2 N–H and O–H groups in total. The summed E-state index contributed by atoms with van der Waals surface area (Å²) in [6.45, 7) is 0.643. The minimum absolute atomic E-state index is 0. The molecule has 0 saturated heterocycles. The average molecular weight is 462 g/mol. The third-order valence-electron chi connectivity index (χ3n) is 3.24. The maximum atomic E-state index is 5.88. The number of aliphatic imine (C=N–C) groups is 1. The summed E-state index contributed by atoms with van der Waals surface area (Å²) in [5, 5.41) is 7.18. The molecule has 24 heavy (non-hydrogen) atoms. The second-order valence-corrected chi connectivity index (χ2v) is 5.18. The van der Waals surface area contributed by atoms with Gasteiger partial charge in [0.15, 0.2) is 17.5 Å². The Kier molecular flexibility index (Phi) is 8.70. The van der Waals surface area contributed by atoms with Gasteiger partial charge in [-0.05, 0) is 29.8 Å². The molecule has 2 aromatic carbocycles. The van der Waals surface area contributed by atoms with Crippen LogP contribution in [0.4, 0.5) is 5.69 Å². The van der Waals surface area contributed by atoms with E-state index < -0.39 is 0 Å². The molecular weight excluding hydrogens is 441 g/mol. The zero-order valence-electron chi connectivity index (χ0n) is 13.8. The minimum atomic E-state index is 0. The van der Waals surface area contributed by atoms with Gasteiger partial charge in [-0.15, -0.1) is 24.0 Å². The summed E-state index contributed by atoms with van der Waals surface area (Å²) in [6.07, 6.45) is 0. The number of benzene rings is 2. The Morgan fingerprint density at radius 2 is 1.71 bits per heavy atom. The smallest absolute Gasteiger partial charge is 0.195 e. The summed E-state index contributed by atoms with van der Waals surface area (Å²) in [6, 6.07) is 13.3. The van der Waals surface area contributed by atoms with Crippen LogP contribution in [0.25, 0.3) is 0 Å². The maximum Gasteiger partial charge on any atom is 0.195 e. The van der Waals surface area contributed by atoms with Crippen LogP contribution in [0.2, 0.25) is 5.02 Å². The molecule has 7 heteroatoms. The molecule has 0 heterocycles. The number of halogens is 2. The highest BCUT2D eigenvalue weighted by Crippen LogP contribution is 2.29. The number of rotatable bonds is 5. The van der Waals surface area contributed by atoms with E-state index >= 15 is 0 Å². The topological polar surface area (TPSA) is 54.9 Å². The molecule has 0 aliphatic rings. The molecule has 130 valence electrons. The first-order valence-corrected chi connectivity index (χ1v) is 7.48. The average Bonchev–Trinajstić information content (AvgIpc) is 2.59. The van der Waals surface area contributed by atoms with Gasteiger partial charge in [-0.3, -0.25) is 4.99 Å². The van der Waals surface area contributed by atoms with Crippen LogP contribution in [0.15, 0.2) is 47.5 Å². The number of methoxy groups -OCH3 is 2. The second kappa shape index (κ2) is 10.2. The lowest BCUT2D eigenvalue weighted by atomic mass is 10.2. The highest BCUT2D eigenvalue weighted by atomic mass is 127. The standard InChI is InChI=1S/C17H20ClN3O2.HI/c1-19-17(20-11-12-4-6-13(18)7-5-12)21-14-8-9-15(22-2)16(10-14)23-3;/h4-10H,11H2,1-3H3,(H2,19,20,21);1H. The van der Waals surface area contributed by atoms with Crippen LogP contribution < -0.4 is 20.1 Å². The molecule has 0 fully saturated rings. The van der Waals surface area contributed by atoms with Crippen LogP contribution in [0, 0.1) is 0 Å². The van der Waals surface area contributed by atoms with Crippen molar-refractivity contribution >= 4 is 47.2 Å². The molecule has 5 nitrogen and oxygen atoms in total. The fourth-order valence-electron chi connectivity index (χ4n) is 2.02. The maximum absolute atomic E-state index is 5.88. The zero-order chi connectivity index (χ0) is 16.7. The number of nitrogens with zero attached hydrogens (tertiary/aromatic N) is 1. The van der Waals surface area contributed by atoms with Gasteiger partial charge in [-0.2, -0.15) is 0 Å². The first-order valence-electron chi connectivity index (χ1n) is 7.10. The van der Waals surface area contributed by atoms with Gasteiger partial charge in [-0.25, -0.2) is 0 Å². The molecule has 0 aliphatic heterocycles. The third kappa shape index (κ3) is 5.76. The number of ether oxygens (including phenoxy) is 2. The van der Waals surface area contributed by atoms with Crippen LogP contribution in [-0.2, 0) is 6.54 Å². The molecular formula is C17H21ClIN3O2. The van der Waals surface area contributed by atoms with E-state index in [1.54, 1.807) is 21.3 Å². The van der Waals surface area contributed by atoms with E-state index in [0.29, 0.717) is 24.0 Å². The molecule has 0 radical (unpaired) electrons. The highest BCUT2D eigenvalue weighted by molar-refractivity contribution is 14.0. The van der Waals surface area contributed by atoms with E-state index in [4.69, 9.17) is 21.1 Å². The van der Waals surface area contributed by atoms with Crippen molar-refractivity contribution in [3.8, 4) is 11.5 Å². The van der Waals surface area contributed by atoms with E-state index in [1.807, 2.05) is 42.5 Å². The Morgan fingerprint density at radius 1 is 1.04 bits per heavy atom. The largest absolute Gasteiger partial charge is 0.493 e. The monoisotopic (exact) mass is 461 g/mol. The van der Waals surface area contributed by atoms with Crippen LogP contribution in [0.3, 0.4) is 0 Å². The summed E-state index contributed by atoms with van der Waals surface area (Å²) in [5.41, 5.74) is 1.97. The molecule has 0 aromatic heterocycles. The zero-order valence-corrected chi connectivity index (χ0v) is 16.9. The van der Waals surface area contributed by atoms with Crippen molar-refractivity contribution in [1.29, 1.82) is 0 Å². The summed E-state index contributed by atoms with van der Waals surface area (Å²) in [7, 11) is 4.94. The first kappa shape index (κ1) is 20.4. The molecule has 0 atom stereocenters. The molecule has 2 rings (SSSR count). The Balaban J connectivity index is 0.00000288. The number of hydrogen-bond donors (Lipinski definition) is 2. The fraction of sp³-hybridized carbons (Fsp3) is 0.235. The van der Waals surface area contributed by atoms with Crippen molar-refractivity contribution in [3.05, 3.63) is 53.1 Å². The molecule has 0 amide bonds. The van der Waals surface area contributed by atoms with E-state index in [0.717, 1.165) is 16.3 Å². The number of hydrogen-bond acceptors (Lipinski definition) is 3. The van der Waals surface area contributed by atoms with Crippen molar-refractivity contribution < 1.29 is 9.47 Å². The lowest BCUT2D eigenvalue weighted by Gasteiger charge is -2.14. The normalized spacial score (nSPS) is 10.6. The Bertz CT molecular complexity index is 678. The first-order chi connectivity index (χ1) is 11.2. The van der Waals surface area contributed by atoms with Gasteiger partial charge in [0.2, 0.25) is 0 Å². The van der Waals surface area contributed by atoms with Crippen LogP contribution in [0.1, 0.15) is 5.56 Å². The van der Waals surface area contributed by atoms with Gasteiger partial charge in [0.05, 0.1) is 14.2 Å². The number of anilines is 1.